The molecule has 1 rings (SSSR count). The molecule has 0 bridgehead atoms. The summed E-state index contributed by atoms with van der Waals surface area (Å²) in [5.41, 5.74) is 0. The van der Waals surface area contributed by atoms with Gasteiger partial charge < -0.3 is 4.74 Å². The van der Waals surface area contributed by atoms with E-state index >= 15 is 0 Å². The summed E-state index contributed by atoms with van der Waals surface area (Å²) in [5.74, 6) is -1.37. The number of ether oxygens (including phenoxy) is 1. The molecule has 1 unspecified atom stereocenters. The van der Waals surface area contributed by atoms with Crippen LogP contribution in [0.1, 0.15) is 0 Å². The normalized spacial score (nSPS) is 12.6. The zero-order valence-corrected chi connectivity index (χ0v) is 5.81. The summed E-state index contributed by atoms with van der Waals surface area (Å²) in [6.07, 6.45) is 0. The van der Waals surface area contributed by atoms with Gasteiger partial charge in [-0.2, -0.15) is 4.39 Å². The molecule has 1 aromatic rings. The molecule has 0 saturated carbocycles. The Labute approximate surface area is 63.4 Å². The Morgan fingerprint density at radius 2 is 2.10 bits per heavy atom. The third kappa shape index (κ3) is 2.23. The van der Waals surface area contributed by atoms with Crippen molar-refractivity contribution in [3.05, 3.63) is 30.3 Å². The van der Waals surface area contributed by atoms with Crippen LogP contribution in [0.2, 0.25) is 0 Å². The van der Waals surface area contributed by atoms with Gasteiger partial charge in [-0.1, -0.05) is 12.1 Å². The van der Waals surface area contributed by atoms with E-state index in [9.17, 15) is 4.39 Å². The van der Waals surface area contributed by atoms with E-state index in [0.29, 0.717) is 5.75 Å². The summed E-state index contributed by atoms with van der Waals surface area (Å²) in [4.78, 5) is 0. The maximum Gasteiger partial charge on any atom is 0.316 e. The van der Waals surface area contributed by atoms with Gasteiger partial charge in [0.2, 0.25) is 0 Å². The van der Waals surface area contributed by atoms with Crippen molar-refractivity contribution in [3.63, 3.8) is 0 Å². The highest BCUT2D eigenvalue weighted by atomic mass is 35.5. The number of hydrogen-bond donors (Lipinski definition) is 0. The van der Waals surface area contributed by atoms with Crippen molar-refractivity contribution in [2.24, 2.45) is 0 Å². The van der Waals surface area contributed by atoms with Crippen molar-refractivity contribution in [2.45, 2.75) is 5.82 Å². The second-order valence-corrected chi connectivity index (χ2v) is 1.96. The lowest BCUT2D eigenvalue weighted by molar-refractivity contribution is 0.147. The molecule has 0 saturated heterocycles. The molecule has 0 amide bonds. The summed E-state index contributed by atoms with van der Waals surface area (Å²) in [6, 6.07) is 9.16. The van der Waals surface area contributed by atoms with Crippen LogP contribution < -0.4 is 4.74 Å². The molecule has 1 radical (unpaired) electrons. The van der Waals surface area contributed by atoms with Crippen LogP contribution in [0.15, 0.2) is 24.3 Å². The van der Waals surface area contributed by atoms with Crippen LogP contribution in [0, 0.1) is 6.07 Å². The lowest BCUT2D eigenvalue weighted by atomic mass is 10.3. The lowest BCUT2D eigenvalue weighted by Gasteiger charge is -2.02. The molecular formula is C7H5ClFO. The van der Waals surface area contributed by atoms with Crippen molar-refractivity contribution in [3.8, 4) is 5.75 Å². The zero-order chi connectivity index (χ0) is 7.40. The maximum absolute atomic E-state index is 11.9. The molecule has 0 aliphatic carbocycles. The molecule has 0 spiro atoms. The molecule has 3 heteroatoms. The average molecular weight is 160 g/mol. The second kappa shape index (κ2) is 3.42. The fourth-order valence-corrected chi connectivity index (χ4v) is 0.656. The Balaban J connectivity index is 2.59. The Kier molecular flexibility index (Phi) is 2.51. The Morgan fingerprint density at radius 3 is 2.60 bits per heavy atom. The van der Waals surface area contributed by atoms with Crippen molar-refractivity contribution >= 4 is 11.6 Å². The van der Waals surface area contributed by atoms with Crippen LogP contribution in [0.5, 0.6) is 5.75 Å². The highest BCUT2D eigenvalue weighted by Crippen LogP contribution is 2.12. The highest BCUT2D eigenvalue weighted by molar-refractivity contribution is 6.18. The first-order valence-electron chi connectivity index (χ1n) is 2.70. The monoisotopic (exact) mass is 159 g/mol. The summed E-state index contributed by atoms with van der Waals surface area (Å²) >= 11 is 4.91. The van der Waals surface area contributed by atoms with Crippen LogP contribution in [0.25, 0.3) is 0 Å². The topological polar surface area (TPSA) is 9.23 Å². The minimum Gasteiger partial charge on any atom is -0.447 e. The molecule has 10 heavy (non-hydrogen) atoms. The van der Waals surface area contributed by atoms with E-state index in [2.05, 4.69) is 10.8 Å². The van der Waals surface area contributed by atoms with E-state index < -0.39 is 5.82 Å². The van der Waals surface area contributed by atoms with E-state index in [4.69, 9.17) is 11.6 Å². The standard InChI is InChI=1S/C7H5ClFO/c8-7(9)10-6-4-2-1-3-5-6/h2-5,7H. The van der Waals surface area contributed by atoms with Gasteiger partial charge in [-0.15, -0.1) is 0 Å². The predicted molar refractivity (Wildman–Crippen MR) is 36.7 cm³/mol. The maximum atomic E-state index is 11.9. The molecule has 0 aliphatic rings. The van der Waals surface area contributed by atoms with Gasteiger partial charge in [0.15, 0.2) is 0 Å². The van der Waals surface area contributed by atoms with Gasteiger partial charge >= 0.3 is 5.82 Å². The van der Waals surface area contributed by atoms with Gasteiger partial charge in [0.1, 0.15) is 5.75 Å². The molecule has 53 valence electrons. The van der Waals surface area contributed by atoms with E-state index in [0.717, 1.165) is 0 Å². The van der Waals surface area contributed by atoms with Gasteiger partial charge in [-0.05, 0) is 29.8 Å². The Morgan fingerprint density at radius 1 is 1.50 bits per heavy atom. The summed E-state index contributed by atoms with van der Waals surface area (Å²) in [6.45, 7) is 0. The SMILES string of the molecule is FC(Cl)Oc1cc[c]cc1. The summed E-state index contributed by atoms with van der Waals surface area (Å²) < 4.78 is 16.4. The quantitative estimate of drug-likeness (QED) is 0.602. The first-order chi connectivity index (χ1) is 4.79. The van der Waals surface area contributed by atoms with Crippen molar-refractivity contribution in [1.29, 1.82) is 0 Å². The van der Waals surface area contributed by atoms with Crippen molar-refractivity contribution in [2.75, 3.05) is 0 Å². The molecule has 0 heterocycles. The summed E-state index contributed by atoms with van der Waals surface area (Å²) in [5, 5.41) is 0. The van der Waals surface area contributed by atoms with Crippen LogP contribution in [0.3, 0.4) is 0 Å². The average Bonchev–Trinajstić information content (AvgIpc) is 1.88. The fraction of sp³-hybridized carbons (Fsp3) is 0.143. The molecule has 1 atom stereocenters. The van der Waals surface area contributed by atoms with E-state index in [1.165, 1.54) is 0 Å². The largest absolute Gasteiger partial charge is 0.447 e. The van der Waals surface area contributed by atoms with Gasteiger partial charge in [0.25, 0.3) is 0 Å². The van der Waals surface area contributed by atoms with Crippen LogP contribution in [-0.4, -0.2) is 5.82 Å². The number of rotatable bonds is 2. The molecule has 0 aliphatic heterocycles. The minimum absolute atomic E-state index is 0.404. The molecule has 1 aromatic carbocycles. The van der Waals surface area contributed by atoms with Gasteiger partial charge in [0.05, 0.1) is 0 Å². The third-order valence-corrected chi connectivity index (χ3v) is 1.00. The molecule has 0 N–H and O–H groups in total. The van der Waals surface area contributed by atoms with E-state index in [1.54, 1.807) is 24.3 Å². The second-order valence-electron chi connectivity index (χ2n) is 1.61. The number of alkyl halides is 2. The van der Waals surface area contributed by atoms with Gasteiger partial charge in [0, 0.05) is 0 Å². The van der Waals surface area contributed by atoms with Gasteiger partial charge in [-0.3, -0.25) is 0 Å². The van der Waals surface area contributed by atoms with Crippen LogP contribution in [-0.2, 0) is 0 Å². The number of hydrogen-bond acceptors (Lipinski definition) is 1. The summed E-state index contributed by atoms with van der Waals surface area (Å²) in [7, 11) is 0. The van der Waals surface area contributed by atoms with E-state index in [-0.39, 0.29) is 0 Å². The molecule has 0 aromatic heterocycles. The number of benzene rings is 1. The Bertz CT molecular complexity index is 188. The molecular weight excluding hydrogens is 155 g/mol. The van der Waals surface area contributed by atoms with Gasteiger partial charge in [-0.25, -0.2) is 0 Å². The smallest absolute Gasteiger partial charge is 0.316 e. The van der Waals surface area contributed by atoms with E-state index in [1.807, 2.05) is 0 Å². The number of halogens is 2. The van der Waals surface area contributed by atoms with Crippen LogP contribution in [0.4, 0.5) is 4.39 Å². The van der Waals surface area contributed by atoms with Crippen LogP contribution >= 0.6 is 11.6 Å². The van der Waals surface area contributed by atoms with Crippen molar-refractivity contribution in [1.82, 2.24) is 0 Å². The third-order valence-electron chi connectivity index (χ3n) is 0.913. The predicted octanol–water partition coefficient (Wildman–Crippen LogP) is 2.36. The molecule has 0 fully saturated rings. The molecule has 1 nitrogen and oxygen atoms in total. The van der Waals surface area contributed by atoms with Crippen molar-refractivity contribution < 1.29 is 9.13 Å². The first kappa shape index (κ1) is 7.35. The lowest BCUT2D eigenvalue weighted by Crippen LogP contribution is -1.99. The zero-order valence-electron chi connectivity index (χ0n) is 5.05. The first-order valence-corrected chi connectivity index (χ1v) is 3.13. The highest BCUT2D eigenvalue weighted by Gasteiger charge is 1.99. The minimum atomic E-state index is -1.78. The fourth-order valence-electron chi connectivity index (χ4n) is 0.553. The Hall–Kier alpha value is -0.760.